The Balaban J connectivity index is 2.24. The number of aliphatic hydroxyl groups excluding tert-OH is 8. The number of rotatable bonds is 29. The number of allylic oxidation sites excluding steroid dienone is 1. The monoisotopic (exact) mass is 1380 g/mol. The fraction of sp³-hybridized carbons (Fsp3) is 0.677. The first-order chi connectivity index (χ1) is 45.7. The summed E-state index contributed by atoms with van der Waals surface area (Å²) in [5, 5.41) is 114. The number of aliphatic hydroxyl groups is 8. The van der Waals surface area contributed by atoms with Crippen LogP contribution in [0.15, 0.2) is 36.0 Å². The number of nitrogens with zero attached hydrogens (tertiary/aromatic N) is 1. The second-order valence-electron chi connectivity index (χ2n) is 24.1. The molecule has 97 heavy (non-hydrogen) atoms. The van der Waals surface area contributed by atoms with Gasteiger partial charge in [0.15, 0.2) is 12.4 Å². The van der Waals surface area contributed by atoms with Gasteiger partial charge in [0, 0.05) is 26.3 Å². The van der Waals surface area contributed by atoms with Crippen molar-refractivity contribution in [3.05, 3.63) is 41.6 Å². The van der Waals surface area contributed by atoms with Crippen LogP contribution in [0.1, 0.15) is 137 Å². The first-order valence-corrected chi connectivity index (χ1v) is 32.2. The largest absolute Gasteiger partial charge is 0.508 e. The molecule has 546 valence electrons. The van der Waals surface area contributed by atoms with Crippen LogP contribution in [0, 0.1) is 0 Å². The third-order valence-corrected chi connectivity index (χ3v) is 16.2. The average Bonchev–Trinajstić information content (AvgIpc) is 0.929. The van der Waals surface area contributed by atoms with Gasteiger partial charge in [-0.1, -0.05) is 82.9 Å². The Morgan fingerprint density at radius 3 is 1.86 bits per heavy atom. The lowest BCUT2D eigenvalue weighted by molar-refractivity contribution is -0.312. The van der Waals surface area contributed by atoms with Crippen LogP contribution < -0.4 is 54.0 Å². The van der Waals surface area contributed by atoms with E-state index in [0.29, 0.717) is 17.7 Å². The molecule has 2 aliphatic rings. The molecule has 3 rings (SSSR count). The summed E-state index contributed by atoms with van der Waals surface area (Å²) in [7, 11) is 0.982. The number of likely N-dealkylation sites (N-methyl/N-ethyl adjacent to an activating group) is 1. The summed E-state index contributed by atoms with van der Waals surface area (Å²) in [5.41, 5.74) is 10.4. The number of ether oxygens (including phenoxy) is 3. The molecule has 35 nitrogen and oxygen atoms in total. The van der Waals surface area contributed by atoms with Crippen LogP contribution in [-0.4, -0.2) is 252 Å². The number of nitrogens with one attached hydrogen (secondary N) is 8. The van der Waals surface area contributed by atoms with E-state index in [-0.39, 0.29) is 17.7 Å². The number of unbranched alkanes of at least 4 members (excludes halogenated alkanes) is 8. The van der Waals surface area contributed by atoms with Gasteiger partial charge in [-0.3, -0.25) is 52.7 Å². The number of benzene rings is 1. The van der Waals surface area contributed by atoms with E-state index >= 15 is 0 Å². The Morgan fingerprint density at radius 1 is 0.732 bits per heavy atom. The zero-order chi connectivity index (χ0) is 73.0. The van der Waals surface area contributed by atoms with Gasteiger partial charge in [0.1, 0.15) is 84.3 Å². The van der Waals surface area contributed by atoms with Gasteiger partial charge in [-0.15, -0.1) is 0 Å². The molecule has 2 fully saturated rings. The van der Waals surface area contributed by atoms with Crippen LogP contribution >= 0.6 is 0 Å². The minimum atomic E-state index is -2.25. The number of aromatic hydroxyl groups is 1. The first kappa shape index (κ1) is 83.2. The maximum absolute atomic E-state index is 14.8. The molecule has 0 bridgehead atoms. The van der Waals surface area contributed by atoms with Gasteiger partial charge in [0.05, 0.1) is 37.6 Å². The normalized spacial score (nSPS) is 27.1. The van der Waals surface area contributed by atoms with Gasteiger partial charge >= 0.3 is 5.97 Å². The van der Waals surface area contributed by atoms with Crippen LogP contribution in [0.5, 0.6) is 5.75 Å². The van der Waals surface area contributed by atoms with E-state index in [4.69, 9.17) is 25.7 Å². The number of hydrogen-bond donors (Lipinski definition) is 19. The summed E-state index contributed by atoms with van der Waals surface area (Å²) in [6.45, 7) is 5.51. The topological polar surface area (TPSA) is 566 Å². The number of hydrogen-bond acceptors (Lipinski definition) is 24. The standard InChI is InChI=1S/C62H99N11O24/c1-8-10-11-12-13-14-15-16-17-18-40(78)49(82)60(93)71-46(31(4)76)57(90)72-47-32(5)95-61(94)38(24-26-43(64)80)68-59(92)48(33(6)96-62-52(85)51(84)50(83)41(29-74)97-62)73(7)44(81)28-65-53(86)37(23-25-42(63)79)67-55(88)39(27-34-19-21-35(77)22-20-34)69-56(89)45(30(3)75)70-54(87)36(9-2)66-58(47)91/h9,19-22,30-33,37-41,45-52,62,74-78,82-85H,8,10-18,23-29H2,1-7H3,(H2,63,79)(H2,64,80)(H,65,86)(H,66,91)(H,67,88)(H,68,92)(H,69,89)(H,70,87)(H,71,93)(H,72,90)/b36-9-/t30-,31-,32?,33-,37+,38+,39?,40?,41-,45+,46+,47?,48?,49?,50-,51+,52+,62-/m1/s1. The smallest absolute Gasteiger partial charge is 0.329 e. The van der Waals surface area contributed by atoms with Crippen molar-refractivity contribution in [1.29, 1.82) is 0 Å². The molecule has 21 N–H and O–H groups in total. The molecule has 1 aromatic carbocycles. The van der Waals surface area contributed by atoms with Gasteiger partial charge in [-0.25, -0.2) is 4.79 Å². The lowest BCUT2D eigenvalue weighted by Crippen LogP contribution is -2.63. The highest BCUT2D eigenvalue weighted by Crippen LogP contribution is 2.25. The van der Waals surface area contributed by atoms with Gasteiger partial charge in [0.2, 0.25) is 47.3 Å². The molecule has 1 aromatic rings. The van der Waals surface area contributed by atoms with Crippen molar-refractivity contribution in [2.24, 2.45) is 11.5 Å². The summed E-state index contributed by atoms with van der Waals surface area (Å²) in [4.78, 5) is 168. The number of phenolic OH excluding ortho intramolecular Hbond substituents is 1. The molecule has 0 radical (unpaired) electrons. The third-order valence-electron chi connectivity index (χ3n) is 16.2. The highest BCUT2D eigenvalue weighted by atomic mass is 16.7. The number of phenols is 1. The van der Waals surface area contributed by atoms with E-state index in [1.807, 2.05) is 0 Å². The number of amides is 11. The predicted octanol–water partition coefficient (Wildman–Crippen LogP) is -6.11. The number of primary amides is 2. The summed E-state index contributed by atoms with van der Waals surface area (Å²) >= 11 is 0. The van der Waals surface area contributed by atoms with Gasteiger partial charge < -0.3 is 119 Å². The summed E-state index contributed by atoms with van der Waals surface area (Å²) in [6, 6.07) is -8.74. The number of esters is 1. The van der Waals surface area contributed by atoms with Crippen molar-refractivity contribution < 1.29 is 118 Å². The number of carbonyl (C=O) groups is 12. The predicted molar refractivity (Wildman–Crippen MR) is 339 cm³/mol. The van der Waals surface area contributed by atoms with Crippen molar-refractivity contribution in [3.63, 3.8) is 0 Å². The van der Waals surface area contributed by atoms with E-state index in [1.165, 1.54) is 31.2 Å². The van der Waals surface area contributed by atoms with E-state index in [0.717, 1.165) is 85.8 Å². The fourth-order valence-electron chi connectivity index (χ4n) is 10.4. The quantitative estimate of drug-likeness (QED) is 0.0202. The summed E-state index contributed by atoms with van der Waals surface area (Å²) in [6.07, 6.45) is -14.5. The molecular formula is C62H99N11O24. The zero-order valence-corrected chi connectivity index (χ0v) is 55.6. The number of cyclic esters (lactones) is 1. The van der Waals surface area contributed by atoms with Crippen LogP contribution in [0.3, 0.4) is 0 Å². The van der Waals surface area contributed by atoms with E-state index < -0.39 is 232 Å². The Hall–Kier alpha value is -8.00. The fourth-order valence-corrected chi connectivity index (χ4v) is 10.4. The lowest BCUT2D eigenvalue weighted by Gasteiger charge is -2.42. The zero-order valence-electron chi connectivity index (χ0n) is 55.6. The van der Waals surface area contributed by atoms with Crippen LogP contribution in [0.2, 0.25) is 0 Å². The number of carbonyl (C=O) groups excluding carboxylic acids is 12. The minimum absolute atomic E-state index is 0.0323. The van der Waals surface area contributed by atoms with Crippen molar-refractivity contribution in [1.82, 2.24) is 47.4 Å². The molecule has 11 amide bonds. The van der Waals surface area contributed by atoms with Crippen LogP contribution in [0.4, 0.5) is 0 Å². The molecule has 0 saturated carbocycles. The van der Waals surface area contributed by atoms with Crippen LogP contribution in [-0.2, 0) is 78.2 Å². The van der Waals surface area contributed by atoms with Crippen molar-refractivity contribution >= 4 is 70.9 Å². The van der Waals surface area contributed by atoms with Gasteiger partial charge in [-0.2, -0.15) is 0 Å². The molecule has 2 saturated heterocycles. The maximum Gasteiger partial charge on any atom is 0.329 e. The highest BCUT2D eigenvalue weighted by molar-refractivity contribution is 6.03. The molecule has 0 aliphatic carbocycles. The molecule has 2 heterocycles. The molecule has 6 unspecified atom stereocenters. The third kappa shape index (κ3) is 26.7. The molecule has 0 spiro atoms. The van der Waals surface area contributed by atoms with Crippen LogP contribution in [0.25, 0.3) is 0 Å². The Labute approximate surface area is 560 Å². The molecular weight excluding hydrogens is 1280 g/mol. The first-order valence-electron chi connectivity index (χ1n) is 32.2. The van der Waals surface area contributed by atoms with E-state index in [1.54, 1.807) is 0 Å². The summed E-state index contributed by atoms with van der Waals surface area (Å²) < 4.78 is 17.0. The van der Waals surface area contributed by atoms with E-state index in [9.17, 15) is 103 Å². The van der Waals surface area contributed by atoms with Gasteiger partial charge in [-0.05, 0) is 71.6 Å². The minimum Gasteiger partial charge on any atom is -0.508 e. The van der Waals surface area contributed by atoms with Gasteiger partial charge in [0.25, 0.3) is 17.7 Å². The Bertz CT molecular complexity index is 2850. The van der Waals surface area contributed by atoms with Crippen molar-refractivity contribution in [3.8, 4) is 5.75 Å². The lowest BCUT2D eigenvalue weighted by atomic mass is 9.99. The SMILES string of the molecule is C/C=C1\NC(=O)C(NC(=O)[C@@H](NC(=O)C(O)C(O)CCCCCCCCCCC)[C@@H](C)O)C(C)OC(=O)[C@H](CCC(N)=O)NC(=O)C([C@@H](C)O[C@@H]2O[C@H](CO)[C@@H](O)[C@H](O)[C@@H]2O)N(C)C(=O)CNC(=O)[C@H](CCC(N)=O)NC(=O)C(Cc2ccc(O)cc2)NC(=O)[C@H]([C@@H](C)O)NC1=O. The van der Waals surface area contributed by atoms with E-state index in [2.05, 4.69) is 49.5 Å². The number of nitrogens with two attached hydrogens (primary N) is 2. The maximum atomic E-state index is 14.8. The second kappa shape index (κ2) is 41.3. The summed E-state index contributed by atoms with van der Waals surface area (Å²) in [5.74, 6) is -15.4. The second-order valence-corrected chi connectivity index (χ2v) is 24.1. The molecule has 0 aromatic heterocycles. The van der Waals surface area contributed by atoms with Crippen molar-refractivity contribution in [2.45, 2.75) is 247 Å². The Kier molecular flexibility index (Phi) is 35.4. The molecule has 2 aliphatic heterocycles. The average molecular weight is 1380 g/mol. The molecule has 18 atom stereocenters. The Morgan fingerprint density at radius 2 is 1.30 bits per heavy atom. The molecule has 35 heteroatoms. The van der Waals surface area contributed by atoms with Crippen molar-refractivity contribution in [2.75, 3.05) is 20.2 Å². The highest BCUT2D eigenvalue weighted by Gasteiger charge is 2.47.